The molecule has 0 heterocycles. The molecule has 0 saturated heterocycles. The average Bonchev–Trinajstić information content (AvgIpc) is 2.21. The molecule has 84 valence electrons. The Kier molecular flexibility index (Phi) is 5.29. The van der Waals surface area contributed by atoms with E-state index in [0.717, 1.165) is 17.6 Å². The van der Waals surface area contributed by atoms with Crippen molar-refractivity contribution in [3.8, 4) is 0 Å². The van der Waals surface area contributed by atoms with E-state index < -0.39 is 0 Å². The van der Waals surface area contributed by atoms with Crippen molar-refractivity contribution in [1.29, 1.82) is 0 Å². The summed E-state index contributed by atoms with van der Waals surface area (Å²) in [5.74, 6) is 0.331. The quantitative estimate of drug-likeness (QED) is 0.890. The Morgan fingerprint density at radius 3 is 2.67 bits per heavy atom. The molecule has 1 aromatic carbocycles. The highest BCUT2D eigenvalue weighted by Gasteiger charge is 2.07. The molecule has 0 fully saturated rings. The van der Waals surface area contributed by atoms with E-state index in [1.165, 1.54) is 5.56 Å². The third-order valence-electron chi connectivity index (χ3n) is 2.33. The average molecular weight is 272 g/mol. The second-order valence-corrected chi connectivity index (χ2v) is 4.93. The van der Waals surface area contributed by atoms with Crippen LogP contribution in [0.5, 0.6) is 0 Å². The molecule has 0 aliphatic heterocycles. The minimum absolute atomic E-state index is 0.250. The molecular formula is C12H18BrNO. The molecule has 0 amide bonds. The number of nitrogens with zero attached hydrogens (tertiary/aromatic N) is 1. The smallest absolute Gasteiger partial charge is 0.0468 e. The number of aliphatic hydroxyl groups is 1. The molecule has 1 atom stereocenters. The third-order valence-corrected chi connectivity index (χ3v) is 3.11. The Balaban J connectivity index is 2.51. The Morgan fingerprint density at radius 2 is 2.07 bits per heavy atom. The van der Waals surface area contributed by atoms with Gasteiger partial charge in [0.2, 0.25) is 0 Å². The lowest BCUT2D eigenvalue weighted by atomic mass is 10.1. The normalized spacial score (nSPS) is 13.1. The zero-order valence-electron chi connectivity index (χ0n) is 9.28. The molecule has 1 aromatic rings. The first-order valence-corrected chi connectivity index (χ1v) is 5.95. The summed E-state index contributed by atoms with van der Waals surface area (Å²) in [5, 5.41) is 8.97. The van der Waals surface area contributed by atoms with Crippen LogP contribution in [0.3, 0.4) is 0 Å². The third kappa shape index (κ3) is 4.33. The van der Waals surface area contributed by atoms with Crippen molar-refractivity contribution in [1.82, 2.24) is 4.90 Å². The predicted molar refractivity (Wildman–Crippen MR) is 66.7 cm³/mol. The predicted octanol–water partition coefficient (Wildman–Crippen LogP) is 2.51. The number of benzene rings is 1. The monoisotopic (exact) mass is 271 g/mol. The SMILES string of the molecule is CC(CO)CN(C)Cc1ccccc1Br. The number of halogens is 1. The van der Waals surface area contributed by atoms with E-state index in [0.29, 0.717) is 5.92 Å². The first kappa shape index (κ1) is 12.7. The Bertz CT molecular complexity index is 303. The molecule has 0 aliphatic carbocycles. The molecule has 0 aromatic heterocycles. The lowest BCUT2D eigenvalue weighted by molar-refractivity contribution is 0.187. The lowest BCUT2D eigenvalue weighted by Crippen LogP contribution is -2.25. The van der Waals surface area contributed by atoms with E-state index in [1.54, 1.807) is 0 Å². The van der Waals surface area contributed by atoms with Crippen molar-refractivity contribution >= 4 is 15.9 Å². The molecule has 0 spiro atoms. The number of hydrogen-bond acceptors (Lipinski definition) is 2. The van der Waals surface area contributed by atoms with Crippen molar-refractivity contribution in [2.24, 2.45) is 5.92 Å². The number of aliphatic hydroxyl groups excluding tert-OH is 1. The standard InChI is InChI=1S/C12H18BrNO/c1-10(9-15)7-14(2)8-11-5-3-4-6-12(11)13/h3-6,10,15H,7-9H2,1-2H3. The minimum atomic E-state index is 0.250. The molecule has 1 unspecified atom stereocenters. The molecule has 1 N–H and O–H groups in total. The van der Waals surface area contributed by atoms with Crippen LogP contribution < -0.4 is 0 Å². The van der Waals surface area contributed by atoms with E-state index in [2.05, 4.69) is 46.9 Å². The zero-order chi connectivity index (χ0) is 11.3. The van der Waals surface area contributed by atoms with Crippen LogP contribution >= 0.6 is 15.9 Å². The van der Waals surface area contributed by atoms with Crippen LogP contribution in [0.2, 0.25) is 0 Å². The first-order chi connectivity index (χ1) is 7.13. The summed E-state index contributed by atoms with van der Waals surface area (Å²) in [6.45, 7) is 4.13. The van der Waals surface area contributed by atoms with Crippen LogP contribution in [0.1, 0.15) is 12.5 Å². The minimum Gasteiger partial charge on any atom is -0.396 e. The topological polar surface area (TPSA) is 23.5 Å². The maximum Gasteiger partial charge on any atom is 0.0468 e. The van der Waals surface area contributed by atoms with Crippen LogP contribution in [0.4, 0.5) is 0 Å². The van der Waals surface area contributed by atoms with Gasteiger partial charge < -0.3 is 10.0 Å². The highest BCUT2D eigenvalue weighted by atomic mass is 79.9. The van der Waals surface area contributed by atoms with Gasteiger partial charge in [-0.1, -0.05) is 41.1 Å². The van der Waals surface area contributed by atoms with Crippen molar-refractivity contribution in [3.63, 3.8) is 0 Å². The summed E-state index contributed by atoms with van der Waals surface area (Å²) in [4.78, 5) is 2.22. The van der Waals surface area contributed by atoms with Crippen LogP contribution in [-0.4, -0.2) is 30.2 Å². The molecule has 3 heteroatoms. The molecule has 0 saturated carbocycles. The van der Waals surface area contributed by atoms with Gasteiger partial charge in [0.05, 0.1) is 0 Å². The maximum atomic E-state index is 8.97. The van der Waals surface area contributed by atoms with Gasteiger partial charge in [-0.3, -0.25) is 0 Å². The summed E-state index contributed by atoms with van der Waals surface area (Å²) in [6, 6.07) is 8.23. The van der Waals surface area contributed by atoms with Crippen molar-refractivity contribution < 1.29 is 5.11 Å². The summed E-state index contributed by atoms with van der Waals surface area (Å²) >= 11 is 3.53. The van der Waals surface area contributed by atoms with E-state index in [1.807, 2.05) is 12.1 Å². The molecular weight excluding hydrogens is 254 g/mol. The Hall–Kier alpha value is -0.380. The van der Waals surface area contributed by atoms with Crippen molar-refractivity contribution in [3.05, 3.63) is 34.3 Å². The highest BCUT2D eigenvalue weighted by Crippen LogP contribution is 2.17. The van der Waals surface area contributed by atoms with Gasteiger partial charge in [-0.15, -0.1) is 0 Å². The van der Waals surface area contributed by atoms with Gasteiger partial charge in [-0.05, 0) is 24.6 Å². The van der Waals surface area contributed by atoms with Crippen LogP contribution in [0.15, 0.2) is 28.7 Å². The van der Waals surface area contributed by atoms with Crippen LogP contribution in [0.25, 0.3) is 0 Å². The van der Waals surface area contributed by atoms with Crippen molar-refractivity contribution in [2.45, 2.75) is 13.5 Å². The van der Waals surface area contributed by atoms with Crippen LogP contribution in [0, 0.1) is 5.92 Å². The fourth-order valence-electron chi connectivity index (χ4n) is 1.57. The number of rotatable bonds is 5. The van der Waals surface area contributed by atoms with E-state index in [9.17, 15) is 0 Å². The molecule has 0 radical (unpaired) electrons. The van der Waals surface area contributed by atoms with Gasteiger partial charge >= 0.3 is 0 Å². The second-order valence-electron chi connectivity index (χ2n) is 4.08. The maximum absolute atomic E-state index is 8.97. The van der Waals surface area contributed by atoms with E-state index in [-0.39, 0.29) is 6.61 Å². The Labute approximate surface area is 100 Å². The first-order valence-electron chi connectivity index (χ1n) is 5.16. The number of hydrogen-bond donors (Lipinski definition) is 1. The summed E-state index contributed by atoms with van der Waals surface area (Å²) in [5.41, 5.74) is 1.28. The molecule has 15 heavy (non-hydrogen) atoms. The fourth-order valence-corrected chi connectivity index (χ4v) is 1.98. The highest BCUT2D eigenvalue weighted by molar-refractivity contribution is 9.10. The van der Waals surface area contributed by atoms with Crippen molar-refractivity contribution in [2.75, 3.05) is 20.2 Å². The van der Waals surface area contributed by atoms with Gasteiger partial charge in [0.1, 0.15) is 0 Å². The molecule has 0 bridgehead atoms. The molecule has 1 rings (SSSR count). The fraction of sp³-hybridized carbons (Fsp3) is 0.500. The summed E-state index contributed by atoms with van der Waals surface area (Å²) in [6.07, 6.45) is 0. The van der Waals surface area contributed by atoms with E-state index in [4.69, 9.17) is 5.11 Å². The molecule has 2 nitrogen and oxygen atoms in total. The van der Waals surface area contributed by atoms with Gasteiger partial charge in [-0.25, -0.2) is 0 Å². The van der Waals surface area contributed by atoms with Gasteiger partial charge in [0.25, 0.3) is 0 Å². The van der Waals surface area contributed by atoms with E-state index >= 15 is 0 Å². The van der Waals surface area contributed by atoms with Crippen LogP contribution in [-0.2, 0) is 6.54 Å². The second kappa shape index (κ2) is 6.26. The lowest BCUT2D eigenvalue weighted by Gasteiger charge is -2.20. The largest absolute Gasteiger partial charge is 0.396 e. The summed E-state index contributed by atoms with van der Waals surface area (Å²) < 4.78 is 1.15. The van der Waals surface area contributed by atoms with Gasteiger partial charge in [0.15, 0.2) is 0 Å². The van der Waals surface area contributed by atoms with Gasteiger partial charge in [0, 0.05) is 24.2 Å². The summed E-state index contributed by atoms with van der Waals surface area (Å²) in [7, 11) is 2.08. The zero-order valence-corrected chi connectivity index (χ0v) is 10.9. The van der Waals surface area contributed by atoms with Gasteiger partial charge in [-0.2, -0.15) is 0 Å². The Morgan fingerprint density at radius 1 is 1.40 bits per heavy atom. The molecule has 0 aliphatic rings.